The summed E-state index contributed by atoms with van der Waals surface area (Å²) >= 11 is 0. The largest absolute Gasteiger partial charge is 0.375 e. The van der Waals surface area contributed by atoms with Gasteiger partial charge < -0.3 is 4.74 Å². The SMILES string of the molecule is Cl.NNC1CCOC2(CCCC2)C1. The van der Waals surface area contributed by atoms with Crippen molar-refractivity contribution < 1.29 is 4.74 Å². The zero-order valence-corrected chi connectivity index (χ0v) is 8.74. The molecule has 3 nitrogen and oxygen atoms in total. The minimum absolute atomic E-state index is 0. The molecule has 2 aliphatic rings. The molecule has 0 radical (unpaired) electrons. The average Bonchev–Trinajstić information content (AvgIpc) is 2.53. The van der Waals surface area contributed by atoms with Gasteiger partial charge in [0.2, 0.25) is 0 Å². The van der Waals surface area contributed by atoms with Crippen LogP contribution in [0.2, 0.25) is 0 Å². The first-order valence-electron chi connectivity index (χ1n) is 4.95. The first-order chi connectivity index (χ1) is 5.85. The smallest absolute Gasteiger partial charge is 0.0697 e. The molecule has 1 spiro atoms. The van der Waals surface area contributed by atoms with Gasteiger partial charge in [-0.25, -0.2) is 0 Å². The Hall–Kier alpha value is 0.170. The number of hydrazine groups is 1. The Balaban J connectivity index is 0.000000845. The van der Waals surface area contributed by atoms with Crippen LogP contribution >= 0.6 is 12.4 Å². The standard InChI is InChI=1S/C9H18N2O.ClH/c10-11-8-3-6-12-9(7-8)4-1-2-5-9;/h8,11H,1-7,10H2;1H. The summed E-state index contributed by atoms with van der Waals surface area (Å²) in [5.74, 6) is 5.45. The van der Waals surface area contributed by atoms with E-state index in [0.717, 1.165) is 19.4 Å². The summed E-state index contributed by atoms with van der Waals surface area (Å²) in [6, 6.07) is 0.483. The Morgan fingerprint density at radius 1 is 1.31 bits per heavy atom. The molecule has 0 aromatic rings. The van der Waals surface area contributed by atoms with Gasteiger partial charge in [0.05, 0.1) is 5.60 Å². The lowest BCUT2D eigenvalue weighted by Gasteiger charge is -2.37. The summed E-state index contributed by atoms with van der Waals surface area (Å²) in [5.41, 5.74) is 3.08. The molecule has 1 saturated heterocycles. The minimum Gasteiger partial charge on any atom is -0.375 e. The van der Waals surface area contributed by atoms with Crippen LogP contribution in [0.5, 0.6) is 0 Å². The van der Waals surface area contributed by atoms with Gasteiger partial charge in [-0.3, -0.25) is 11.3 Å². The molecule has 1 aliphatic heterocycles. The van der Waals surface area contributed by atoms with Gasteiger partial charge in [0.25, 0.3) is 0 Å². The molecular formula is C9H19ClN2O. The molecule has 1 aliphatic carbocycles. The van der Waals surface area contributed by atoms with Crippen molar-refractivity contribution in [1.82, 2.24) is 5.43 Å². The molecule has 0 aromatic heterocycles. The molecule has 2 rings (SSSR count). The van der Waals surface area contributed by atoms with E-state index in [1.807, 2.05) is 0 Å². The van der Waals surface area contributed by atoms with E-state index in [9.17, 15) is 0 Å². The third kappa shape index (κ3) is 2.34. The number of hydrogen-bond donors (Lipinski definition) is 2. The predicted octanol–water partition coefficient (Wildman–Crippen LogP) is 1.36. The van der Waals surface area contributed by atoms with Crippen LogP contribution in [0.15, 0.2) is 0 Å². The first kappa shape index (κ1) is 11.2. The van der Waals surface area contributed by atoms with E-state index < -0.39 is 0 Å². The summed E-state index contributed by atoms with van der Waals surface area (Å²) in [6.07, 6.45) is 7.33. The van der Waals surface area contributed by atoms with Crippen molar-refractivity contribution in [3.63, 3.8) is 0 Å². The summed E-state index contributed by atoms with van der Waals surface area (Å²) in [5, 5.41) is 0. The number of nitrogens with one attached hydrogen (secondary N) is 1. The second-order valence-corrected chi connectivity index (χ2v) is 4.09. The third-order valence-electron chi connectivity index (χ3n) is 3.24. The zero-order valence-electron chi connectivity index (χ0n) is 7.92. The minimum atomic E-state index is 0. The molecule has 4 heteroatoms. The zero-order chi connectivity index (χ0) is 8.44. The van der Waals surface area contributed by atoms with E-state index in [4.69, 9.17) is 10.6 Å². The molecule has 0 amide bonds. The van der Waals surface area contributed by atoms with Gasteiger partial charge in [-0.1, -0.05) is 12.8 Å². The van der Waals surface area contributed by atoms with Crippen molar-refractivity contribution in [2.45, 2.75) is 50.2 Å². The van der Waals surface area contributed by atoms with Crippen LogP contribution in [-0.2, 0) is 4.74 Å². The van der Waals surface area contributed by atoms with Crippen LogP contribution in [0.1, 0.15) is 38.5 Å². The molecule has 1 atom stereocenters. The second kappa shape index (κ2) is 4.60. The number of rotatable bonds is 1. The Kier molecular flexibility index (Phi) is 3.98. The van der Waals surface area contributed by atoms with Crippen LogP contribution in [-0.4, -0.2) is 18.2 Å². The van der Waals surface area contributed by atoms with Crippen LogP contribution in [0.3, 0.4) is 0 Å². The molecule has 78 valence electrons. The van der Waals surface area contributed by atoms with E-state index in [0.29, 0.717) is 6.04 Å². The highest BCUT2D eigenvalue weighted by molar-refractivity contribution is 5.85. The lowest BCUT2D eigenvalue weighted by molar-refractivity contribution is -0.0835. The van der Waals surface area contributed by atoms with Crippen LogP contribution in [0.4, 0.5) is 0 Å². The van der Waals surface area contributed by atoms with Gasteiger partial charge in [0.1, 0.15) is 0 Å². The fraction of sp³-hybridized carbons (Fsp3) is 1.00. The summed E-state index contributed by atoms with van der Waals surface area (Å²) in [6.45, 7) is 0.884. The fourth-order valence-electron chi connectivity index (χ4n) is 2.54. The number of ether oxygens (including phenoxy) is 1. The van der Waals surface area contributed by atoms with Gasteiger partial charge >= 0.3 is 0 Å². The topological polar surface area (TPSA) is 47.3 Å². The van der Waals surface area contributed by atoms with Crippen molar-refractivity contribution >= 4 is 12.4 Å². The van der Waals surface area contributed by atoms with Gasteiger partial charge in [0.15, 0.2) is 0 Å². The predicted molar refractivity (Wildman–Crippen MR) is 54.7 cm³/mol. The second-order valence-electron chi connectivity index (χ2n) is 4.09. The molecule has 1 unspecified atom stereocenters. The van der Waals surface area contributed by atoms with E-state index in [2.05, 4.69) is 5.43 Å². The molecule has 1 heterocycles. The number of hydrogen-bond acceptors (Lipinski definition) is 3. The number of nitrogens with two attached hydrogens (primary N) is 1. The van der Waals surface area contributed by atoms with Gasteiger partial charge in [-0.2, -0.15) is 0 Å². The molecular weight excluding hydrogens is 188 g/mol. The lowest BCUT2D eigenvalue weighted by Crippen LogP contribution is -2.47. The van der Waals surface area contributed by atoms with E-state index >= 15 is 0 Å². The Bertz CT molecular complexity index is 160. The summed E-state index contributed by atoms with van der Waals surface area (Å²) in [4.78, 5) is 0. The first-order valence-corrected chi connectivity index (χ1v) is 4.95. The van der Waals surface area contributed by atoms with Crippen LogP contribution in [0.25, 0.3) is 0 Å². The molecule has 3 N–H and O–H groups in total. The highest BCUT2D eigenvalue weighted by atomic mass is 35.5. The third-order valence-corrected chi connectivity index (χ3v) is 3.24. The van der Waals surface area contributed by atoms with Crippen molar-refractivity contribution in [3.8, 4) is 0 Å². The lowest BCUT2D eigenvalue weighted by atomic mass is 9.89. The van der Waals surface area contributed by atoms with Gasteiger partial charge in [-0.15, -0.1) is 12.4 Å². The van der Waals surface area contributed by atoms with Crippen molar-refractivity contribution in [2.24, 2.45) is 5.84 Å². The van der Waals surface area contributed by atoms with Gasteiger partial charge in [-0.05, 0) is 25.7 Å². The molecule has 13 heavy (non-hydrogen) atoms. The Morgan fingerprint density at radius 2 is 2.00 bits per heavy atom. The fourth-order valence-corrected chi connectivity index (χ4v) is 2.54. The van der Waals surface area contributed by atoms with Crippen molar-refractivity contribution in [2.75, 3.05) is 6.61 Å². The quantitative estimate of drug-likeness (QED) is 0.503. The average molecular weight is 207 g/mol. The Morgan fingerprint density at radius 3 is 2.62 bits per heavy atom. The molecule has 1 saturated carbocycles. The monoisotopic (exact) mass is 206 g/mol. The maximum Gasteiger partial charge on any atom is 0.0697 e. The van der Waals surface area contributed by atoms with E-state index in [1.54, 1.807) is 0 Å². The maximum atomic E-state index is 5.86. The molecule has 0 aromatic carbocycles. The van der Waals surface area contributed by atoms with Crippen LogP contribution in [0, 0.1) is 0 Å². The molecule has 0 bridgehead atoms. The van der Waals surface area contributed by atoms with Crippen LogP contribution < -0.4 is 11.3 Å². The maximum absolute atomic E-state index is 5.86. The Labute approximate surface area is 85.8 Å². The summed E-state index contributed by atoms with van der Waals surface area (Å²) < 4.78 is 5.86. The highest BCUT2D eigenvalue weighted by Gasteiger charge is 2.39. The van der Waals surface area contributed by atoms with E-state index in [1.165, 1.54) is 25.7 Å². The summed E-state index contributed by atoms with van der Waals surface area (Å²) in [7, 11) is 0. The van der Waals surface area contributed by atoms with Gasteiger partial charge in [0, 0.05) is 12.6 Å². The molecule has 2 fully saturated rings. The normalized spacial score (nSPS) is 31.6. The van der Waals surface area contributed by atoms with Crippen molar-refractivity contribution in [1.29, 1.82) is 0 Å². The number of halogens is 1. The van der Waals surface area contributed by atoms with E-state index in [-0.39, 0.29) is 18.0 Å². The van der Waals surface area contributed by atoms with Crippen molar-refractivity contribution in [3.05, 3.63) is 0 Å². The highest BCUT2D eigenvalue weighted by Crippen LogP contribution is 2.39.